The highest BCUT2D eigenvalue weighted by Gasteiger charge is 2.13. The fourth-order valence-corrected chi connectivity index (χ4v) is 4.09. The van der Waals surface area contributed by atoms with E-state index in [0.29, 0.717) is 30.3 Å². The van der Waals surface area contributed by atoms with E-state index in [9.17, 15) is 0 Å². The van der Waals surface area contributed by atoms with Gasteiger partial charge in [-0.3, -0.25) is 4.90 Å². The maximum absolute atomic E-state index is 7.90. The standard InChI is InChI=1S/C25H29ClN6O/c1-33-21-10-8-19(9-11-21)16-29-24-22(14-27)23(30-25(26)31-24)28-15-18-4-6-20(7-5-18)17-32-12-2-3-13-32/h4-11,14,27H,2-3,12-13,15-17H2,1H3,(H2,28,29,30,31). The molecule has 0 radical (unpaired) electrons. The number of nitrogens with one attached hydrogen (secondary N) is 3. The minimum absolute atomic E-state index is 0.126. The van der Waals surface area contributed by atoms with Crippen LogP contribution in [0.4, 0.5) is 11.6 Å². The van der Waals surface area contributed by atoms with Crippen molar-refractivity contribution in [1.29, 1.82) is 5.41 Å². The van der Waals surface area contributed by atoms with Crippen molar-refractivity contribution in [3.05, 3.63) is 76.1 Å². The molecule has 1 fully saturated rings. The first-order chi connectivity index (χ1) is 16.1. The number of methoxy groups -OCH3 is 1. The molecule has 2 heterocycles. The third-order valence-corrected chi connectivity index (χ3v) is 5.94. The molecule has 172 valence electrons. The number of rotatable bonds is 10. The number of likely N-dealkylation sites (tertiary alicyclic amines) is 1. The van der Waals surface area contributed by atoms with Crippen molar-refractivity contribution >= 4 is 29.5 Å². The summed E-state index contributed by atoms with van der Waals surface area (Å²) in [5, 5.41) is 14.6. The largest absolute Gasteiger partial charge is 0.497 e. The summed E-state index contributed by atoms with van der Waals surface area (Å²) in [4.78, 5) is 11.1. The van der Waals surface area contributed by atoms with Crippen LogP contribution in [-0.4, -0.2) is 41.3 Å². The second-order valence-corrected chi connectivity index (χ2v) is 8.44. The first kappa shape index (κ1) is 23.0. The van der Waals surface area contributed by atoms with Gasteiger partial charge in [0.05, 0.1) is 12.7 Å². The fourth-order valence-electron chi connectivity index (χ4n) is 3.92. The van der Waals surface area contributed by atoms with E-state index in [-0.39, 0.29) is 5.28 Å². The van der Waals surface area contributed by atoms with Gasteiger partial charge in [-0.15, -0.1) is 0 Å². The van der Waals surface area contributed by atoms with E-state index in [4.69, 9.17) is 21.7 Å². The Hall–Kier alpha value is -3.16. The minimum Gasteiger partial charge on any atom is -0.497 e. The summed E-state index contributed by atoms with van der Waals surface area (Å²) in [7, 11) is 1.64. The average molecular weight is 465 g/mol. The van der Waals surface area contributed by atoms with Crippen molar-refractivity contribution < 1.29 is 4.74 Å². The molecule has 0 bridgehead atoms. The van der Waals surface area contributed by atoms with E-state index < -0.39 is 0 Å². The molecule has 8 heteroatoms. The van der Waals surface area contributed by atoms with Gasteiger partial charge in [-0.2, -0.15) is 9.97 Å². The van der Waals surface area contributed by atoms with Gasteiger partial charge in [0.2, 0.25) is 5.28 Å². The van der Waals surface area contributed by atoms with Gasteiger partial charge in [-0.25, -0.2) is 0 Å². The van der Waals surface area contributed by atoms with Gasteiger partial charge in [0, 0.05) is 25.8 Å². The molecule has 0 saturated carbocycles. The zero-order valence-corrected chi connectivity index (χ0v) is 19.5. The predicted octanol–water partition coefficient (Wildman–Crippen LogP) is 4.96. The molecular formula is C25H29ClN6O. The highest BCUT2D eigenvalue weighted by molar-refractivity contribution is 6.28. The summed E-state index contributed by atoms with van der Waals surface area (Å²) < 4.78 is 5.20. The smallest absolute Gasteiger partial charge is 0.226 e. The number of halogens is 1. The number of aromatic nitrogens is 2. The molecule has 0 atom stereocenters. The fraction of sp³-hybridized carbons (Fsp3) is 0.320. The van der Waals surface area contributed by atoms with Gasteiger partial charge in [0.1, 0.15) is 17.4 Å². The van der Waals surface area contributed by atoms with Crippen molar-refractivity contribution in [2.45, 2.75) is 32.5 Å². The van der Waals surface area contributed by atoms with E-state index in [0.717, 1.165) is 23.4 Å². The Bertz CT molecular complexity index is 1070. The first-order valence-electron chi connectivity index (χ1n) is 11.1. The van der Waals surface area contributed by atoms with Gasteiger partial charge in [0.25, 0.3) is 0 Å². The highest BCUT2D eigenvalue weighted by atomic mass is 35.5. The van der Waals surface area contributed by atoms with Crippen molar-refractivity contribution in [2.24, 2.45) is 0 Å². The second kappa shape index (κ2) is 11.1. The van der Waals surface area contributed by atoms with Gasteiger partial charge < -0.3 is 20.8 Å². The third-order valence-electron chi connectivity index (χ3n) is 5.77. The lowest BCUT2D eigenvalue weighted by Crippen LogP contribution is -2.18. The lowest BCUT2D eigenvalue weighted by Gasteiger charge is -2.15. The molecule has 0 unspecified atom stereocenters. The number of anilines is 2. The zero-order chi connectivity index (χ0) is 23.0. The molecule has 33 heavy (non-hydrogen) atoms. The number of hydrogen-bond acceptors (Lipinski definition) is 7. The van der Waals surface area contributed by atoms with Gasteiger partial charge in [-0.05, 0) is 66.4 Å². The Labute approximate surface area is 199 Å². The molecular weight excluding hydrogens is 436 g/mol. The minimum atomic E-state index is 0.126. The summed E-state index contributed by atoms with van der Waals surface area (Å²) in [5.41, 5.74) is 4.10. The number of hydrogen-bond donors (Lipinski definition) is 3. The van der Waals surface area contributed by atoms with Crippen LogP contribution in [0.1, 0.15) is 35.1 Å². The van der Waals surface area contributed by atoms with Gasteiger partial charge in [-0.1, -0.05) is 36.4 Å². The van der Waals surface area contributed by atoms with Crippen molar-refractivity contribution in [2.75, 3.05) is 30.8 Å². The predicted molar refractivity (Wildman–Crippen MR) is 134 cm³/mol. The van der Waals surface area contributed by atoms with E-state index in [1.807, 2.05) is 24.3 Å². The second-order valence-electron chi connectivity index (χ2n) is 8.10. The van der Waals surface area contributed by atoms with E-state index in [2.05, 4.69) is 49.8 Å². The maximum atomic E-state index is 7.90. The van der Waals surface area contributed by atoms with Crippen molar-refractivity contribution in [3.63, 3.8) is 0 Å². The zero-order valence-electron chi connectivity index (χ0n) is 18.8. The molecule has 3 aromatic rings. The quantitative estimate of drug-likeness (QED) is 0.290. The van der Waals surface area contributed by atoms with Crippen LogP contribution >= 0.6 is 11.6 Å². The first-order valence-corrected chi connectivity index (χ1v) is 11.5. The van der Waals surface area contributed by atoms with Crippen LogP contribution in [0.5, 0.6) is 5.75 Å². The normalized spacial score (nSPS) is 13.6. The number of nitrogens with zero attached hydrogens (tertiary/aromatic N) is 3. The molecule has 0 amide bonds. The summed E-state index contributed by atoms with van der Waals surface area (Å²) in [6.07, 6.45) is 3.85. The van der Waals surface area contributed by atoms with Gasteiger partial charge >= 0.3 is 0 Å². The summed E-state index contributed by atoms with van der Waals surface area (Å²) in [6.45, 7) is 4.51. The molecule has 2 aromatic carbocycles. The van der Waals surface area contributed by atoms with Crippen molar-refractivity contribution in [1.82, 2.24) is 14.9 Å². The van der Waals surface area contributed by atoms with Crippen molar-refractivity contribution in [3.8, 4) is 5.75 Å². The summed E-state index contributed by atoms with van der Waals surface area (Å²) in [5.74, 6) is 1.85. The van der Waals surface area contributed by atoms with Crippen LogP contribution in [0.25, 0.3) is 0 Å². The number of ether oxygens (including phenoxy) is 1. The SMILES string of the molecule is COc1ccc(CNc2nc(Cl)nc(NCc3ccc(CN4CCCC4)cc3)c2C=N)cc1. The monoisotopic (exact) mass is 464 g/mol. The molecule has 4 rings (SSSR count). The van der Waals surface area contributed by atoms with Crippen LogP contribution < -0.4 is 15.4 Å². The Balaban J connectivity index is 1.40. The number of benzene rings is 2. The average Bonchev–Trinajstić information content (AvgIpc) is 3.35. The molecule has 1 aliphatic rings. The molecule has 1 saturated heterocycles. The van der Waals surface area contributed by atoms with Crippen LogP contribution in [0, 0.1) is 5.41 Å². The van der Waals surface area contributed by atoms with Crippen LogP contribution in [0.15, 0.2) is 48.5 Å². The highest BCUT2D eigenvalue weighted by Crippen LogP contribution is 2.23. The molecule has 0 aliphatic carbocycles. The maximum Gasteiger partial charge on any atom is 0.226 e. The summed E-state index contributed by atoms with van der Waals surface area (Å²) >= 11 is 6.19. The lowest BCUT2D eigenvalue weighted by atomic mass is 10.1. The van der Waals surface area contributed by atoms with Crippen LogP contribution in [-0.2, 0) is 19.6 Å². The third kappa shape index (κ3) is 6.21. The molecule has 1 aromatic heterocycles. The Morgan fingerprint density at radius 2 is 1.42 bits per heavy atom. The summed E-state index contributed by atoms with van der Waals surface area (Å²) in [6, 6.07) is 16.4. The topological polar surface area (TPSA) is 86.2 Å². The van der Waals surface area contributed by atoms with Crippen LogP contribution in [0.3, 0.4) is 0 Å². The Morgan fingerprint density at radius 1 is 0.909 bits per heavy atom. The van der Waals surface area contributed by atoms with E-state index in [1.54, 1.807) is 7.11 Å². The van der Waals surface area contributed by atoms with E-state index in [1.165, 1.54) is 37.7 Å². The molecule has 3 N–H and O–H groups in total. The molecule has 7 nitrogen and oxygen atoms in total. The van der Waals surface area contributed by atoms with E-state index >= 15 is 0 Å². The Kier molecular flexibility index (Phi) is 7.75. The van der Waals surface area contributed by atoms with Crippen LogP contribution in [0.2, 0.25) is 5.28 Å². The van der Waals surface area contributed by atoms with Gasteiger partial charge in [0.15, 0.2) is 0 Å². The molecule has 0 spiro atoms. The Morgan fingerprint density at radius 3 is 1.94 bits per heavy atom. The molecule has 1 aliphatic heterocycles. The lowest BCUT2D eigenvalue weighted by molar-refractivity contribution is 0.331.